The highest BCUT2D eigenvalue weighted by atomic mass is 16.2. The number of nitrogens with two attached hydrogens (primary N) is 1. The number of pyridine rings is 1. The normalized spacial score (nSPS) is 10.3. The molecule has 0 fully saturated rings. The summed E-state index contributed by atoms with van der Waals surface area (Å²) in [7, 11) is 1.70. The van der Waals surface area contributed by atoms with Crippen LogP contribution in [0.2, 0.25) is 0 Å². The van der Waals surface area contributed by atoms with Crippen LogP contribution in [-0.4, -0.2) is 27.2 Å². The van der Waals surface area contributed by atoms with E-state index in [4.69, 9.17) is 5.73 Å². The van der Waals surface area contributed by atoms with E-state index in [1.54, 1.807) is 36.5 Å². The van der Waals surface area contributed by atoms with Crippen molar-refractivity contribution in [1.82, 2.24) is 14.8 Å². The number of aryl methyl sites for hydroxylation is 1. The maximum atomic E-state index is 12.4. The lowest BCUT2D eigenvalue weighted by atomic mass is 10.2. The van der Waals surface area contributed by atoms with Crippen LogP contribution >= 0.6 is 0 Å². The number of carbonyl (C=O) groups excluding carboxylic acids is 1. The van der Waals surface area contributed by atoms with Gasteiger partial charge in [-0.15, -0.1) is 0 Å². The van der Waals surface area contributed by atoms with Gasteiger partial charge in [-0.1, -0.05) is 0 Å². The first-order valence-corrected chi connectivity index (χ1v) is 5.64. The molecule has 0 radical (unpaired) electrons. The summed E-state index contributed by atoms with van der Waals surface area (Å²) >= 11 is 0. The number of hydrogen-bond donors (Lipinski definition) is 1. The molecule has 2 heterocycles. The molecule has 0 aliphatic heterocycles. The van der Waals surface area contributed by atoms with Crippen LogP contribution in [0.5, 0.6) is 0 Å². The molecule has 94 valence electrons. The average molecular weight is 245 g/mol. The Bertz CT molecular complexity index is 529. The quantitative estimate of drug-likeness (QED) is 0.877. The Balaban J connectivity index is 2.38. The smallest absolute Gasteiger partial charge is 0.278 e. The summed E-state index contributed by atoms with van der Waals surface area (Å²) in [5, 5.41) is 3.98. The largest absolute Gasteiger partial charge is 0.396 e. The third kappa shape index (κ3) is 2.04. The first kappa shape index (κ1) is 12.1. The Labute approximate surface area is 105 Å². The van der Waals surface area contributed by atoms with Gasteiger partial charge in [-0.3, -0.25) is 14.5 Å². The Morgan fingerprint density at radius 1 is 1.44 bits per heavy atom. The molecule has 2 aromatic heterocycles. The predicted octanol–water partition coefficient (Wildman–Crippen LogP) is 1.06. The fraction of sp³-hybridized carbons (Fsp3) is 0.250. The van der Waals surface area contributed by atoms with Crippen LogP contribution in [0, 0.1) is 0 Å². The van der Waals surface area contributed by atoms with Gasteiger partial charge in [0.2, 0.25) is 0 Å². The third-order valence-electron chi connectivity index (χ3n) is 2.71. The minimum atomic E-state index is -0.166. The maximum Gasteiger partial charge on any atom is 0.278 e. The van der Waals surface area contributed by atoms with Gasteiger partial charge in [0.05, 0.1) is 11.9 Å². The molecule has 6 nitrogen and oxygen atoms in total. The molecule has 0 saturated carbocycles. The summed E-state index contributed by atoms with van der Waals surface area (Å²) in [6.07, 6.45) is 4.78. The van der Waals surface area contributed by atoms with Crippen LogP contribution in [-0.2, 0) is 7.05 Å². The van der Waals surface area contributed by atoms with Crippen LogP contribution in [0.3, 0.4) is 0 Å². The van der Waals surface area contributed by atoms with Crippen molar-refractivity contribution in [2.45, 2.75) is 6.92 Å². The Morgan fingerprint density at radius 2 is 2.11 bits per heavy atom. The van der Waals surface area contributed by atoms with E-state index >= 15 is 0 Å². The zero-order valence-corrected chi connectivity index (χ0v) is 10.4. The van der Waals surface area contributed by atoms with Crippen molar-refractivity contribution in [2.75, 3.05) is 17.2 Å². The zero-order chi connectivity index (χ0) is 13.1. The van der Waals surface area contributed by atoms with Gasteiger partial charge in [0.15, 0.2) is 0 Å². The van der Waals surface area contributed by atoms with Crippen molar-refractivity contribution >= 4 is 17.3 Å². The highest BCUT2D eigenvalue weighted by molar-refractivity contribution is 6.07. The first-order valence-electron chi connectivity index (χ1n) is 5.64. The SMILES string of the molecule is CCN(C(=O)c1c(N)cnn1C)c1ccncc1. The Kier molecular flexibility index (Phi) is 3.27. The zero-order valence-electron chi connectivity index (χ0n) is 10.4. The molecule has 1 amide bonds. The molecule has 0 aliphatic carbocycles. The van der Waals surface area contributed by atoms with Gasteiger partial charge in [0.1, 0.15) is 5.69 Å². The van der Waals surface area contributed by atoms with Crippen molar-refractivity contribution in [3.63, 3.8) is 0 Å². The number of hydrogen-bond acceptors (Lipinski definition) is 4. The van der Waals surface area contributed by atoms with E-state index < -0.39 is 0 Å². The molecule has 0 bridgehead atoms. The number of aromatic nitrogens is 3. The maximum absolute atomic E-state index is 12.4. The third-order valence-corrected chi connectivity index (χ3v) is 2.71. The number of rotatable bonds is 3. The topological polar surface area (TPSA) is 77.0 Å². The number of carbonyl (C=O) groups is 1. The molecule has 0 unspecified atom stereocenters. The Morgan fingerprint density at radius 3 is 2.61 bits per heavy atom. The summed E-state index contributed by atoms with van der Waals surface area (Å²) < 4.78 is 1.49. The second-order valence-electron chi connectivity index (χ2n) is 3.83. The van der Waals surface area contributed by atoms with Crippen LogP contribution in [0.25, 0.3) is 0 Å². The number of nitrogens with zero attached hydrogens (tertiary/aromatic N) is 4. The first-order chi connectivity index (χ1) is 8.65. The summed E-state index contributed by atoms with van der Waals surface area (Å²) in [6, 6.07) is 3.57. The fourth-order valence-corrected chi connectivity index (χ4v) is 1.81. The second-order valence-corrected chi connectivity index (χ2v) is 3.83. The fourth-order valence-electron chi connectivity index (χ4n) is 1.81. The van der Waals surface area contributed by atoms with Gasteiger partial charge in [0, 0.05) is 31.7 Å². The van der Waals surface area contributed by atoms with Crippen molar-refractivity contribution in [1.29, 1.82) is 0 Å². The molecule has 0 aromatic carbocycles. The highest BCUT2D eigenvalue weighted by Gasteiger charge is 2.21. The van der Waals surface area contributed by atoms with Crippen LogP contribution in [0.4, 0.5) is 11.4 Å². The molecule has 0 aliphatic rings. The number of amides is 1. The van der Waals surface area contributed by atoms with E-state index in [1.165, 1.54) is 10.9 Å². The summed E-state index contributed by atoms with van der Waals surface area (Å²) in [5.41, 5.74) is 7.34. The van der Waals surface area contributed by atoms with E-state index in [1.807, 2.05) is 6.92 Å². The molecule has 0 spiro atoms. The van der Waals surface area contributed by atoms with Gasteiger partial charge in [-0.2, -0.15) is 5.10 Å². The van der Waals surface area contributed by atoms with Crippen LogP contribution < -0.4 is 10.6 Å². The lowest BCUT2D eigenvalue weighted by molar-refractivity contribution is 0.0980. The van der Waals surface area contributed by atoms with E-state index in [9.17, 15) is 4.79 Å². The number of nitrogen functional groups attached to an aromatic ring is 1. The highest BCUT2D eigenvalue weighted by Crippen LogP contribution is 2.18. The average Bonchev–Trinajstić information content (AvgIpc) is 2.71. The molecule has 2 N–H and O–H groups in total. The Hall–Kier alpha value is -2.37. The van der Waals surface area contributed by atoms with E-state index in [2.05, 4.69) is 10.1 Å². The molecule has 0 atom stereocenters. The van der Waals surface area contributed by atoms with Gasteiger partial charge >= 0.3 is 0 Å². The summed E-state index contributed by atoms with van der Waals surface area (Å²) in [4.78, 5) is 18.0. The van der Waals surface area contributed by atoms with Gasteiger partial charge in [-0.05, 0) is 19.1 Å². The van der Waals surface area contributed by atoms with Crippen molar-refractivity contribution < 1.29 is 4.79 Å². The lowest BCUT2D eigenvalue weighted by Crippen LogP contribution is -2.32. The lowest BCUT2D eigenvalue weighted by Gasteiger charge is -2.21. The van der Waals surface area contributed by atoms with Gasteiger partial charge in [0.25, 0.3) is 5.91 Å². The molecular weight excluding hydrogens is 230 g/mol. The predicted molar refractivity (Wildman–Crippen MR) is 69.2 cm³/mol. The summed E-state index contributed by atoms with van der Waals surface area (Å²) in [6.45, 7) is 2.46. The molecule has 2 rings (SSSR count). The minimum absolute atomic E-state index is 0.166. The molecule has 0 saturated heterocycles. The van der Waals surface area contributed by atoms with E-state index in [0.717, 1.165) is 5.69 Å². The monoisotopic (exact) mass is 245 g/mol. The van der Waals surface area contributed by atoms with E-state index in [0.29, 0.717) is 17.9 Å². The molecule has 6 heteroatoms. The van der Waals surface area contributed by atoms with Crippen molar-refractivity contribution in [3.8, 4) is 0 Å². The van der Waals surface area contributed by atoms with Crippen molar-refractivity contribution in [3.05, 3.63) is 36.4 Å². The molecule has 18 heavy (non-hydrogen) atoms. The summed E-state index contributed by atoms with van der Waals surface area (Å²) in [5.74, 6) is -0.166. The van der Waals surface area contributed by atoms with Crippen molar-refractivity contribution in [2.24, 2.45) is 7.05 Å². The van der Waals surface area contributed by atoms with Gasteiger partial charge in [-0.25, -0.2) is 0 Å². The second kappa shape index (κ2) is 4.87. The van der Waals surface area contributed by atoms with Crippen LogP contribution in [0.15, 0.2) is 30.7 Å². The van der Waals surface area contributed by atoms with Gasteiger partial charge < -0.3 is 10.6 Å². The molecular formula is C12H15N5O. The number of anilines is 2. The minimum Gasteiger partial charge on any atom is -0.396 e. The van der Waals surface area contributed by atoms with E-state index in [-0.39, 0.29) is 5.91 Å². The standard InChI is InChI=1S/C12H15N5O/c1-3-17(9-4-6-14-7-5-9)12(18)11-10(13)8-15-16(11)2/h4-8H,3,13H2,1-2H3. The van der Waals surface area contributed by atoms with Crippen LogP contribution in [0.1, 0.15) is 17.4 Å². The molecule has 2 aromatic rings.